The first-order valence-corrected chi connectivity index (χ1v) is 9.15. The van der Waals surface area contributed by atoms with E-state index in [0.717, 1.165) is 60.8 Å². The summed E-state index contributed by atoms with van der Waals surface area (Å²) in [7, 11) is 0. The van der Waals surface area contributed by atoms with E-state index in [1.165, 1.54) is 12.1 Å². The molecular formula is C20H18F5N3. The van der Waals surface area contributed by atoms with Crippen LogP contribution < -0.4 is 5.32 Å². The fourth-order valence-electron chi connectivity index (χ4n) is 3.75. The molecular weight excluding hydrogens is 377 g/mol. The average Bonchev–Trinajstić information content (AvgIpc) is 3.02. The second-order valence-corrected chi connectivity index (χ2v) is 7.01. The third-order valence-corrected chi connectivity index (χ3v) is 5.06. The standard InChI is InChI=1S/C20H18F5N3/c21-12-9-10-15(22)14(11-12)18-19(26-13-5-2-1-3-6-13)28-16(20(23,24)25)7-4-8-17(28)27-18/h4,7-11,13,26H,1-3,5-6H2. The number of hydrogen-bond donors (Lipinski definition) is 1. The maximum atomic E-state index is 14.4. The zero-order valence-corrected chi connectivity index (χ0v) is 14.9. The highest BCUT2D eigenvalue weighted by Crippen LogP contribution is 2.38. The van der Waals surface area contributed by atoms with Gasteiger partial charge in [-0.15, -0.1) is 0 Å². The van der Waals surface area contributed by atoms with Gasteiger partial charge >= 0.3 is 6.18 Å². The van der Waals surface area contributed by atoms with Gasteiger partial charge < -0.3 is 5.32 Å². The van der Waals surface area contributed by atoms with Crippen molar-refractivity contribution < 1.29 is 22.0 Å². The SMILES string of the molecule is Fc1ccc(F)c(-c2nc3cccc(C(F)(F)F)n3c2NC2CCCCC2)c1. The summed E-state index contributed by atoms with van der Waals surface area (Å²) in [5, 5.41) is 3.14. The number of nitrogens with one attached hydrogen (secondary N) is 1. The number of anilines is 1. The van der Waals surface area contributed by atoms with Crippen LogP contribution in [0, 0.1) is 11.6 Å². The highest BCUT2D eigenvalue weighted by Gasteiger charge is 2.35. The molecule has 0 unspecified atom stereocenters. The number of alkyl halides is 3. The van der Waals surface area contributed by atoms with E-state index in [4.69, 9.17) is 0 Å². The molecule has 3 nitrogen and oxygen atoms in total. The van der Waals surface area contributed by atoms with Gasteiger partial charge in [0.15, 0.2) is 0 Å². The average molecular weight is 395 g/mol. The van der Waals surface area contributed by atoms with Gasteiger partial charge in [-0.3, -0.25) is 4.40 Å². The van der Waals surface area contributed by atoms with Crippen molar-refractivity contribution in [3.8, 4) is 11.3 Å². The fourth-order valence-corrected chi connectivity index (χ4v) is 3.75. The molecule has 0 atom stereocenters. The van der Waals surface area contributed by atoms with Crippen LogP contribution in [0.4, 0.5) is 27.8 Å². The number of fused-ring (bicyclic) bond motifs is 1. The normalized spacial score (nSPS) is 15.9. The maximum absolute atomic E-state index is 14.4. The molecule has 2 heterocycles. The van der Waals surface area contributed by atoms with Crippen molar-refractivity contribution in [1.29, 1.82) is 0 Å². The Morgan fingerprint density at radius 1 is 1.00 bits per heavy atom. The first kappa shape index (κ1) is 18.7. The second kappa shape index (κ2) is 7.07. The van der Waals surface area contributed by atoms with Gasteiger partial charge in [-0.2, -0.15) is 13.2 Å². The van der Waals surface area contributed by atoms with E-state index in [2.05, 4.69) is 10.3 Å². The van der Waals surface area contributed by atoms with Crippen molar-refractivity contribution in [1.82, 2.24) is 9.38 Å². The van der Waals surface area contributed by atoms with Gasteiger partial charge in [-0.1, -0.05) is 25.3 Å². The quantitative estimate of drug-likeness (QED) is 0.548. The number of hydrogen-bond acceptors (Lipinski definition) is 2. The number of rotatable bonds is 3. The number of halogens is 5. The lowest BCUT2D eigenvalue weighted by Crippen LogP contribution is -2.24. The van der Waals surface area contributed by atoms with Crippen molar-refractivity contribution in [2.24, 2.45) is 0 Å². The number of benzene rings is 1. The predicted molar refractivity (Wildman–Crippen MR) is 96.0 cm³/mol. The van der Waals surface area contributed by atoms with Crippen LogP contribution >= 0.6 is 0 Å². The summed E-state index contributed by atoms with van der Waals surface area (Å²) in [6, 6.07) is 6.44. The Hall–Kier alpha value is -2.64. The van der Waals surface area contributed by atoms with Crippen LogP contribution in [0.3, 0.4) is 0 Å². The first-order valence-electron chi connectivity index (χ1n) is 9.15. The van der Waals surface area contributed by atoms with Gasteiger partial charge in [0, 0.05) is 11.6 Å². The molecule has 1 N–H and O–H groups in total. The molecule has 0 radical (unpaired) electrons. The summed E-state index contributed by atoms with van der Waals surface area (Å²) in [5.74, 6) is -1.39. The number of pyridine rings is 1. The first-order chi connectivity index (χ1) is 13.3. The maximum Gasteiger partial charge on any atom is 0.431 e. The van der Waals surface area contributed by atoms with Crippen LogP contribution in [0.1, 0.15) is 37.8 Å². The minimum Gasteiger partial charge on any atom is -0.367 e. The van der Waals surface area contributed by atoms with Gasteiger partial charge in [0.25, 0.3) is 0 Å². The van der Waals surface area contributed by atoms with E-state index in [1.54, 1.807) is 0 Å². The van der Waals surface area contributed by atoms with Crippen LogP contribution in [-0.2, 0) is 6.18 Å². The van der Waals surface area contributed by atoms with E-state index in [0.29, 0.717) is 0 Å². The number of imidazole rings is 1. The van der Waals surface area contributed by atoms with Crippen LogP contribution in [-0.4, -0.2) is 15.4 Å². The van der Waals surface area contributed by atoms with E-state index >= 15 is 0 Å². The van der Waals surface area contributed by atoms with Crippen molar-refractivity contribution in [3.05, 3.63) is 53.7 Å². The van der Waals surface area contributed by atoms with Crippen LogP contribution in [0.5, 0.6) is 0 Å². The monoisotopic (exact) mass is 395 g/mol. The highest BCUT2D eigenvalue weighted by molar-refractivity contribution is 5.77. The lowest BCUT2D eigenvalue weighted by Gasteiger charge is -2.25. The largest absolute Gasteiger partial charge is 0.431 e. The van der Waals surface area contributed by atoms with Crippen LogP contribution in [0.25, 0.3) is 16.9 Å². The van der Waals surface area contributed by atoms with Crippen LogP contribution in [0.15, 0.2) is 36.4 Å². The molecule has 3 aromatic rings. The minimum absolute atomic E-state index is 0.0202. The Morgan fingerprint density at radius 3 is 2.46 bits per heavy atom. The zero-order valence-electron chi connectivity index (χ0n) is 14.9. The molecule has 148 valence electrons. The summed E-state index contributed by atoms with van der Waals surface area (Å²) in [6.45, 7) is 0. The molecule has 0 bridgehead atoms. The Balaban J connectivity index is 1.95. The lowest BCUT2D eigenvalue weighted by molar-refractivity contribution is -0.141. The van der Waals surface area contributed by atoms with Crippen molar-refractivity contribution in [2.75, 3.05) is 5.32 Å². The van der Waals surface area contributed by atoms with Crippen molar-refractivity contribution in [3.63, 3.8) is 0 Å². The molecule has 1 aliphatic carbocycles. The molecule has 28 heavy (non-hydrogen) atoms. The molecule has 0 spiro atoms. The van der Waals surface area contributed by atoms with E-state index in [9.17, 15) is 22.0 Å². The molecule has 0 saturated heterocycles. The van der Waals surface area contributed by atoms with Crippen molar-refractivity contribution in [2.45, 2.75) is 44.3 Å². The number of nitrogens with zero attached hydrogens (tertiary/aromatic N) is 2. The Morgan fingerprint density at radius 2 is 1.75 bits per heavy atom. The molecule has 1 fully saturated rings. The summed E-state index contributed by atoms with van der Waals surface area (Å²) >= 11 is 0. The topological polar surface area (TPSA) is 29.3 Å². The molecule has 2 aromatic heterocycles. The smallest absolute Gasteiger partial charge is 0.367 e. The van der Waals surface area contributed by atoms with E-state index in [-0.39, 0.29) is 28.8 Å². The third-order valence-electron chi connectivity index (χ3n) is 5.06. The fraction of sp³-hybridized carbons (Fsp3) is 0.350. The van der Waals surface area contributed by atoms with Gasteiger partial charge in [-0.05, 0) is 43.2 Å². The molecule has 1 saturated carbocycles. The van der Waals surface area contributed by atoms with Crippen LogP contribution in [0.2, 0.25) is 0 Å². The number of aromatic nitrogens is 2. The lowest BCUT2D eigenvalue weighted by atomic mass is 9.95. The summed E-state index contributed by atoms with van der Waals surface area (Å²) in [4.78, 5) is 4.22. The minimum atomic E-state index is -4.62. The van der Waals surface area contributed by atoms with E-state index in [1.807, 2.05) is 0 Å². The molecule has 1 aliphatic rings. The zero-order chi connectivity index (χ0) is 19.9. The predicted octanol–water partition coefficient (Wildman–Crippen LogP) is 6.04. The molecule has 4 rings (SSSR count). The molecule has 0 aliphatic heterocycles. The van der Waals surface area contributed by atoms with Gasteiger partial charge in [-0.25, -0.2) is 13.8 Å². The van der Waals surface area contributed by atoms with Gasteiger partial charge in [0.2, 0.25) is 0 Å². The summed E-state index contributed by atoms with van der Waals surface area (Å²) in [6.07, 6.45) is -0.0289. The summed E-state index contributed by atoms with van der Waals surface area (Å²) in [5.41, 5.74) is -1.10. The molecule has 0 amide bonds. The third kappa shape index (κ3) is 3.43. The van der Waals surface area contributed by atoms with Gasteiger partial charge in [0.1, 0.15) is 34.5 Å². The highest BCUT2D eigenvalue weighted by atomic mass is 19.4. The van der Waals surface area contributed by atoms with Crippen molar-refractivity contribution >= 4 is 11.5 Å². The molecule has 8 heteroatoms. The Labute approximate surface area is 158 Å². The Kier molecular flexibility index (Phi) is 4.72. The Bertz CT molecular complexity index is 1000. The second-order valence-electron chi connectivity index (χ2n) is 7.01. The van der Waals surface area contributed by atoms with E-state index < -0.39 is 23.5 Å². The summed E-state index contributed by atoms with van der Waals surface area (Å²) < 4.78 is 70.0. The molecule has 1 aromatic carbocycles. The van der Waals surface area contributed by atoms with Gasteiger partial charge in [0.05, 0.1) is 0 Å².